The lowest BCUT2D eigenvalue weighted by atomic mass is 10.1. The SMILES string of the molecule is C#Cc1cc[n+]([O-])c2c(F)cccc12. The van der Waals surface area contributed by atoms with Gasteiger partial charge < -0.3 is 5.21 Å². The Bertz CT molecular complexity index is 534. The van der Waals surface area contributed by atoms with E-state index in [0.717, 1.165) is 0 Å². The smallest absolute Gasteiger partial charge is 0.261 e. The Labute approximate surface area is 80.2 Å². The van der Waals surface area contributed by atoms with Gasteiger partial charge in [-0.05, 0) is 12.1 Å². The molecular formula is C11H6FNO. The van der Waals surface area contributed by atoms with E-state index in [-0.39, 0.29) is 5.52 Å². The molecule has 68 valence electrons. The molecule has 0 fully saturated rings. The molecule has 2 nitrogen and oxygen atoms in total. The van der Waals surface area contributed by atoms with Crippen molar-refractivity contribution in [1.29, 1.82) is 0 Å². The van der Waals surface area contributed by atoms with Crippen LogP contribution in [0.5, 0.6) is 0 Å². The van der Waals surface area contributed by atoms with E-state index in [0.29, 0.717) is 15.7 Å². The minimum absolute atomic E-state index is 0.0112. The van der Waals surface area contributed by atoms with Crippen molar-refractivity contribution >= 4 is 10.9 Å². The fourth-order valence-corrected chi connectivity index (χ4v) is 1.39. The monoisotopic (exact) mass is 187 g/mol. The predicted molar refractivity (Wildman–Crippen MR) is 50.8 cm³/mol. The second-order valence-electron chi connectivity index (χ2n) is 2.84. The number of rotatable bonds is 0. The number of pyridine rings is 1. The second-order valence-corrected chi connectivity index (χ2v) is 2.84. The highest BCUT2D eigenvalue weighted by Gasteiger charge is 2.11. The molecule has 1 aromatic heterocycles. The predicted octanol–water partition coefficient (Wildman–Crippen LogP) is 1.59. The summed E-state index contributed by atoms with van der Waals surface area (Å²) in [5.41, 5.74) is 0.509. The molecule has 0 aliphatic heterocycles. The quantitative estimate of drug-likeness (QED) is 0.349. The molecular weight excluding hydrogens is 181 g/mol. The summed E-state index contributed by atoms with van der Waals surface area (Å²) in [5, 5.41) is 11.7. The van der Waals surface area contributed by atoms with Crippen LogP contribution in [0.1, 0.15) is 5.56 Å². The molecule has 0 saturated carbocycles. The van der Waals surface area contributed by atoms with Crippen LogP contribution in [0, 0.1) is 23.4 Å². The zero-order valence-electron chi connectivity index (χ0n) is 7.20. The topological polar surface area (TPSA) is 26.9 Å². The fraction of sp³-hybridized carbons (Fsp3) is 0. The number of benzene rings is 1. The van der Waals surface area contributed by atoms with Crippen molar-refractivity contribution in [2.45, 2.75) is 0 Å². The van der Waals surface area contributed by atoms with Crippen LogP contribution in [-0.4, -0.2) is 0 Å². The largest absolute Gasteiger partial charge is 0.618 e. The van der Waals surface area contributed by atoms with Gasteiger partial charge in [-0.2, -0.15) is 9.12 Å². The van der Waals surface area contributed by atoms with Crippen molar-refractivity contribution < 1.29 is 9.12 Å². The minimum atomic E-state index is -0.561. The van der Waals surface area contributed by atoms with Crippen LogP contribution in [0.2, 0.25) is 0 Å². The first-order valence-electron chi connectivity index (χ1n) is 4.01. The third kappa shape index (κ3) is 1.09. The molecule has 0 aliphatic rings. The van der Waals surface area contributed by atoms with E-state index in [9.17, 15) is 9.60 Å². The summed E-state index contributed by atoms with van der Waals surface area (Å²) in [6.07, 6.45) is 6.44. The van der Waals surface area contributed by atoms with Crippen LogP contribution in [-0.2, 0) is 0 Å². The van der Waals surface area contributed by atoms with Crippen LogP contribution < -0.4 is 4.73 Å². The molecule has 1 aromatic carbocycles. The van der Waals surface area contributed by atoms with Gasteiger partial charge in [-0.1, -0.05) is 12.0 Å². The number of fused-ring (bicyclic) bond motifs is 1. The number of terminal acetylenes is 1. The van der Waals surface area contributed by atoms with E-state index >= 15 is 0 Å². The summed E-state index contributed by atoms with van der Waals surface area (Å²) in [6.45, 7) is 0. The maximum Gasteiger partial charge on any atom is 0.261 e. The van der Waals surface area contributed by atoms with E-state index in [2.05, 4.69) is 5.92 Å². The number of hydrogen-bond donors (Lipinski definition) is 0. The van der Waals surface area contributed by atoms with Crippen molar-refractivity contribution in [2.75, 3.05) is 0 Å². The summed E-state index contributed by atoms with van der Waals surface area (Å²) in [7, 11) is 0. The Balaban J connectivity index is 3.00. The maximum absolute atomic E-state index is 13.3. The van der Waals surface area contributed by atoms with Crippen LogP contribution in [0.3, 0.4) is 0 Å². The highest BCUT2D eigenvalue weighted by Crippen LogP contribution is 2.16. The first-order valence-corrected chi connectivity index (χ1v) is 4.01. The lowest BCUT2D eigenvalue weighted by molar-refractivity contribution is -0.578. The lowest BCUT2D eigenvalue weighted by Crippen LogP contribution is -2.27. The molecule has 14 heavy (non-hydrogen) atoms. The molecule has 2 aromatic rings. The van der Waals surface area contributed by atoms with Crippen LogP contribution in [0.15, 0.2) is 30.5 Å². The molecule has 0 saturated heterocycles. The third-order valence-electron chi connectivity index (χ3n) is 2.03. The Kier molecular flexibility index (Phi) is 1.83. The van der Waals surface area contributed by atoms with Crippen molar-refractivity contribution in [3.63, 3.8) is 0 Å². The van der Waals surface area contributed by atoms with Crippen molar-refractivity contribution in [3.05, 3.63) is 47.1 Å². The van der Waals surface area contributed by atoms with Gasteiger partial charge in [0.25, 0.3) is 5.52 Å². The van der Waals surface area contributed by atoms with E-state index in [1.165, 1.54) is 24.4 Å². The number of hydrogen-bond acceptors (Lipinski definition) is 1. The van der Waals surface area contributed by atoms with Gasteiger partial charge in [0, 0.05) is 11.6 Å². The maximum atomic E-state index is 13.3. The molecule has 3 heteroatoms. The summed E-state index contributed by atoms with van der Waals surface area (Å²) >= 11 is 0. The number of aromatic nitrogens is 1. The molecule has 0 N–H and O–H groups in total. The molecule has 0 radical (unpaired) electrons. The lowest BCUT2D eigenvalue weighted by Gasteiger charge is -2.03. The molecule has 0 atom stereocenters. The number of para-hydroxylation sites is 1. The van der Waals surface area contributed by atoms with Gasteiger partial charge in [-0.3, -0.25) is 0 Å². The Hall–Kier alpha value is -2.08. The van der Waals surface area contributed by atoms with Gasteiger partial charge in [0.15, 0.2) is 12.0 Å². The van der Waals surface area contributed by atoms with Crippen LogP contribution in [0.4, 0.5) is 4.39 Å². The standard InChI is InChI=1S/C11H6FNO/c1-2-8-6-7-13(14)11-9(8)4-3-5-10(11)12/h1,3-7H. The highest BCUT2D eigenvalue weighted by atomic mass is 19.1. The highest BCUT2D eigenvalue weighted by molar-refractivity contribution is 5.82. The normalized spacial score (nSPS) is 10.0. The second kappa shape index (κ2) is 3.00. The molecule has 0 amide bonds. The molecule has 0 aliphatic carbocycles. The van der Waals surface area contributed by atoms with E-state index < -0.39 is 5.82 Å². The van der Waals surface area contributed by atoms with Crippen molar-refractivity contribution in [1.82, 2.24) is 0 Å². The average molecular weight is 187 g/mol. The Morgan fingerprint density at radius 2 is 2.14 bits per heavy atom. The van der Waals surface area contributed by atoms with Crippen molar-refractivity contribution in [2.24, 2.45) is 0 Å². The zero-order chi connectivity index (χ0) is 10.1. The summed E-state index contributed by atoms with van der Waals surface area (Å²) < 4.78 is 13.8. The van der Waals surface area contributed by atoms with Crippen LogP contribution in [0.25, 0.3) is 10.9 Å². The number of halogens is 1. The first kappa shape index (κ1) is 8.52. The van der Waals surface area contributed by atoms with Gasteiger partial charge >= 0.3 is 0 Å². The summed E-state index contributed by atoms with van der Waals surface area (Å²) in [4.78, 5) is 0. The number of nitrogens with zero attached hydrogens (tertiary/aromatic N) is 1. The summed E-state index contributed by atoms with van der Waals surface area (Å²) in [6, 6.07) is 5.88. The van der Waals surface area contributed by atoms with Gasteiger partial charge in [-0.15, -0.1) is 6.42 Å². The average Bonchev–Trinajstić information content (AvgIpc) is 2.18. The van der Waals surface area contributed by atoms with Gasteiger partial charge in [0.2, 0.25) is 0 Å². The first-order chi connectivity index (χ1) is 6.74. The fourth-order valence-electron chi connectivity index (χ4n) is 1.39. The molecule has 0 unspecified atom stereocenters. The zero-order valence-corrected chi connectivity index (χ0v) is 7.20. The minimum Gasteiger partial charge on any atom is -0.618 e. The third-order valence-corrected chi connectivity index (χ3v) is 2.03. The van der Waals surface area contributed by atoms with Crippen LogP contribution >= 0.6 is 0 Å². The molecule has 1 heterocycles. The van der Waals surface area contributed by atoms with Gasteiger partial charge in [0.1, 0.15) is 0 Å². The van der Waals surface area contributed by atoms with E-state index in [1.54, 1.807) is 6.07 Å². The molecule has 0 bridgehead atoms. The Morgan fingerprint density at radius 1 is 1.36 bits per heavy atom. The van der Waals surface area contributed by atoms with E-state index in [1.807, 2.05) is 0 Å². The summed E-state index contributed by atoms with van der Waals surface area (Å²) in [5.74, 6) is 1.84. The Morgan fingerprint density at radius 3 is 2.86 bits per heavy atom. The van der Waals surface area contributed by atoms with Crippen molar-refractivity contribution in [3.8, 4) is 12.3 Å². The molecule has 2 rings (SSSR count). The molecule has 0 spiro atoms. The van der Waals surface area contributed by atoms with Gasteiger partial charge in [0.05, 0.1) is 5.39 Å². The van der Waals surface area contributed by atoms with E-state index in [4.69, 9.17) is 6.42 Å². The van der Waals surface area contributed by atoms with Gasteiger partial charge in [-0.25, -0.2) is 0 Å².